The molecule has 0 fully saturated rings. The highest BCUT2D eigenvalue weighted by Gasteiger charge is 2.26. The van der Waals surface area contributed by atoms with Gasteiger partial charge in [-0.3, -0.25) is 9.59 Å². The second-order valence-corrected chi connectivity index (χ2v) is 7.11. The van der Waals surface area contributed by atoms with Crippen LogP contribution in [0.2, 0.25) is 0 Å². The van der Waals surface area contributed by atoms with Crippen molar-refractivity contribution in [1.29, 1.82) is 0 Å². The van der Waals surface area contributed by atoms with E-state index in [1.807, 2.05) is 0 Å². The Bertz CT molecular complexity index is 468. The van der Waals surface area contributed by atoms with Crippen LogP contribution < -0.4 is 0 Å². The Kier molecular flexibility index (Phi) is 18.2. The SMILES string of the molecule is CC(=CCCC(CO)(CO)CO)C(=O)O.O=C(O)CCCCCCCCC(=O)O. The Morgan fingerprint density at radius 3 is 1.41 bits per heavy atom. The number of carboxylic acid groups (broad SMARTS) is 3. The maximum atomic E-state index is 10.4. The van der Waals surface area contributed by atoms with Gasteiger partial charge in [0.05, 0.1) is 19.8 Å². The third-order valence-corrected chi connectivity index (χ3v) is 4.50. The minimum atomic E-state index is -0.988. The smallest absolute Gasteiger partial charge is 0.330 e. The molecule has 9 heteroatoms. The number of hydrogen-bond donors (Lipinski definition) is 6. The Morgan fingerprint density at radius 1 is 0.724 bits per heavy atom. The summed E-state index contributed by atoms with van der Waals surface area (Å²) in [6.45, 7) is 0.515. The topological polar surface area (TPSA) is 173 Å². The fourth-order valence-corrected chi connectivity index (χ4v) is 2.33. The number of carbonyl (C=O) groups is 3. The van der Waals surface area contributed by atoms with Crippen molar-refractivity contribution < 1.29 is 45.0 Å². The molecule has 0 amide bonds. The van der Waals surface area contributed by atoms with Crippen LogP contribution in [0.3, 0.4) is 0 Å². The summed E-state index contributed by atoms with van der Waals surface area (Å²) in [6, 6.07) is 0. The van der Waals surface area contributed by atoms with E-state index in [-0.39, 0.29) is 38.2 Å². The van der Waals surface area contributed by atoms with Crippen LogP contribution in [0.15, 0.2) is 11.6 Å². The van der Waals surface area contributed by atoms with Crippen LogP contribution in [0.4, 0.5) is 0 Å². The lowest BCUT2D eigenvalue weighted by atomic mass is 9.85. The molecule has 0 rings (SSSR count). The second kappa shape index (κ2) is 18.1. The fourth-order valence-electron chi connectivity index (χ4n) is 2.33. The highest BCUT2D eigenvalue weighted by Crippen LogP contribution is 2.22. The number of aliphatic carboxylic acids is 3. The standard InChI is InChI=1S/C10H18O5.C10H18O4/c1-8(9(14)15)3-2-4-10(5-11,6-12)7-13;11-9(12)7-5-3-1-2-4-6-8-10(13)14/h3,11-13H,2,4-7H2,1H3,(H,14,15);1-8H2,(H,11,12)(H,13,14). The maximum Gasteiger partial charge on any atom is 0.330 e. The van der Waals surface area contributed by atoms with Gasteiger partial charge >= 0.3 is 17.9 Å². The summed E-state index contributed by atoms with van der Waals surface area (Å²) in [6.07, 6.45) is 8.09. The van der Waals surface area contributed by atoms with E-state index < -0.39 is 23.3 Å². The van der Waals surface area contributed by atoms with Crippen LogP contribution >= 0.6 is 0 Å². The predicted octanol–water partition coefficient (Wildman–Crippen LogP) is 2.04. The van der Waals surface area contributed by atoms with Crippen molar-refractivity contribution in [3.63, 3.8) is 0 Å². The van der Waals surface area contributed by atoms with Crippen molar-refractivity contribution in [3.05, 3.63) is 11.6 Å². The fraction of sp³-hybridized carbons (Fsp3) is 0.750. The number of rotatable bonds is 16. The van der Waals surface area contributed by atoms with Gasteiger partial charge in [-0.25, -0.2) is 4.79 Å². The third kappa shape index (κ3) is 17.8. The molecular formula is C20H36O9. The van der Waals surface area contributed by atoms with Gasteiger partial charge in [0.1, 0.15) is 0 Å². The van der Waals surface area contributed by atoms with E-state index in [1.54, 1.807) is 0 Å². The molecule has 9 nitrogen and oxygen atoms in total. The summed E-state index contributed by atoms with van der Waals surface area (Å²) in [5.74, 6) is -2.47. The molecule has 0 aliphatic heterocycles. The second-order valence-electron chi connectivity index (χ2n) is 7.11. The van der Waals surface area contributed by atoms with Crippen molar-refractivity contribution in [2.45, 2.75) is 71.1 Å². The molecule has 0 atom stereocenters. The number of unbranched alkanes of at least 4 members (excludes halogenated alkanes) is 5. The molecule has 0 aliphatic rings. The van der Waals surface area contributed by atoms with Crippen LogP contribution in [0.5, 0.6) is 0 Å². The molecule has 0 aromatic rings. The molecule has 0 heterocycles. The lowest BCUT2D eigenvalue weighted by molar-refractivity contribution is -0.138. The molecule has 0 aromatic carbocycles. The summed E-state index contributed by atoms with van der Waals surface area (Å²) in [5, 5.41) is 52.2. The molecule has 0 bridgehead atoms. The van der Waals surface area contributed by atoms with Crippen LogP contribution in [-0.2, 0) is 14.4 Å². The van der Waals surface area contributed by atoms with Gasteiger partial charge in [0.25, 0.3) is 0 Å². The molecule has 170 valence electrons. The van der Waals surface area contributed by atoms with Crippen molar-refractivity contribution in [3.8, 4) is 0 Å². The van der Waals surface area contributed by atoms with Crippen LogP contribution in [-0.4, -0.2) is 68.4 Å². The van der Waals surface area contributed by atoms with Gasteiger partial charge < -0.3 is 30.6 Å². The Balaban J connectivity index is 0. The van der Waals surface area contributed by atoms with Crippen molar-refractivity contribution >= 4 is 17.9 Å². The molecule has 0 spiro atoms. The summed E-state index contributed by atoms with van der Waals surface area (Å²) in [4.78, 5) is 30.7. The Hall–Kier alpha value is -1.97. The lowest BCUT2D eigenvalue weighted by Crippen LogP contribution is -2.33. The molecular weight excluding hydrogens is 384 g/mol. The molecule has 0 radical (unpaired) electrons. The Labute approximate surface area is 171 Å². The maximum absolute atomic E-state index is 10.4. The van der Waals surface area contributed by atoms with E-state index >= 15 is 0 Å². The summed E-state index contributed by atoms with van der Waals surface area (Å²) in [7, 11) is 0. The minimum absolute atomic E-state index is 0.220. The molecule has 0 aliphatic carbocycles. The van der Waals surface area contributed by atoms with Gasteiger partial charge in [0.2, 0.25) is 0 Å². The largest absolute Gasteiger partial charge is 0.481 e. The molecule has 29 heavy (non-hydrogen) atoms. The van der Waals surface area contributed by atoms with Gasteiger partial charge in [0.15, 0.2) is 0 Å². The van der Waals surface area contributed by atoms with E-state index in [0.29, 0.717) is 12.8 Å². The average Bonchev–Trinajstić information content (AvgIpc) is 2.67. The van der Waals surface area contributed by atoms with Gasteiger partial charge in [-0.2, -0.15) is 0 Å². The van der Waals surface area contributed by atoms with Gasteiger partial charge in [-0.1, -0.05) is 31.8 Å². The molecule has 6 N–H and O–H groups in total. The lowest BCUT2D eigenvalue weighted by Gasteiger charge is -2.26. The molecule has 0 aromatic heterocycles. The first-order chi connectivity index (χ1) is 13.6. The number of carboxylic acids is 3. The summed E-state index contributed by atoms with van der Waals surface area (Å²) >= 11 is 0. The van der Waals surface area contributed by atoms with Gasteiger partial charge in [-0.05, 0) is 32.6 Å². The van der Waals surface area contributed by atoms with Crippen molar-refractivity contribution in [2.24, 2.45) is 5.41 Å². The van der Waals surface area contributed by atoms with Crippen molar-refractivity contribution in [2.75, 3.05) is 19.8 Å². The first kappa shape index (κ1) is 29.2. The first-order valence-electron chi connectivity index (χ1n) is 9.80. The highest BCUT2D eigenvalue weighted by atomic mass is 16.4. The monoisotopic (exact) mass is 420 g/mol. The number of hydrogen-bond acceptors (Lipinski definition) is 6. The number of allylic oxidation sites excluding steroid dienone is 1. The average molecular weight is 420 g/mol. The normalized spacial score (nSPS) is 11.5. The zero-order chi connectivity index (χ0) is 22.7. The Morgan fingerprint density at radius 2 is 1.10 bits per heavy atom. The molecule has 0 saturated carbocycles. The summed E-state index contributed by atoms with van der Waals surface area (Å²) < 4.78 is 0. The molecule has 0 unspecified atom stereocenters. The van der Waals surface area contributed by atoms with Crippen molar-refractivity contribution in [1.82, 2.24) is 0 Å². The highest BCUT2D eigenvalue weighted by molar-refractivity contribution is 5.85. The van der Waals surface area contributed by atoms with Gasteiger partial charge in [0, 0.05) is 23.8 Å². The van der Waals surface area contributed by atoms with E-state index in [0.717, 1.165) is 38.5 Å². The minimum Gasteiger partial charge on any atom is -0.481 e. The van der Waals surface area contributed by atoms with Gasteiger partial charge in [-0.15, -0.1) is 0 Å². The first-order valence-corrected chi connectivity index (χ1v) is 9.80. The van der Waals surface area contributed by atoms with Crippen LogP contribution in [0, 0.1) is 5.41 Å². The van der Waals surface area contributed by atoms with E-state index in [1.165, 1.54) is 13.0 Å². The molecule has 0 saturated heterocycles. The third-order valence-electron chi connectivity index (χ3n) is 4.50. The summed E-state index contributed by atoms with van der Waals surface area (Å²) in [5.41, 5.74) is -0.701. The number of aliphatic hydroxyl groups excluding tert-OH is 3. The predicted molar refractivity (Wildman–Crippen MR) is 107 cm³/mol. The van der Waals surface area contributed by atoms with E-state index in [4.69, 9.17) is 30.6 Å². The zero-order valence-electron chi connectivity index (χ0n) is 17.2. The van der Waals surface area contributed by atoms with E-state index in [2.05, 4.69) is 0 Å². The number of aliphatic hydroxyl groups is 3. The van der Waals surface area contributed by atoms with Crippen LogP contribution in [0.1, 0.15) is 71.1 Å². The quantitative estimate of drug-likeness (QED) is 0.161. The zero-order valence-corrected chi connectivity index (χ0v) is 17.2. The van der Waals surface area contributed by atoms with E-state index in [9.17, 15) is 14.4 Å². The van der Waals surface area contributed by atoms with Crippen LogP contribution in [0.25, 0.3) is 0 Å².